The van der Waals surface area contributed by atoms with Gasteiger partial charge < -0.3 is 5.73 Å². The lowest BCUT2D eigenvalue weighted by Gasteiger charge is -2.36. The van der Waals surface area contributed by atoms with Gasteiger partial charge in [-0.1, -0.05) is 19.3 Å². The number of H-pyrrole nitrogens is 1. The molecule has 1 aliphatic carbocycles. The summed E-state index contributed by atoms with van der Waals surface area (Å²) in [5, 5.41) is 0. The lowest BCUT2D eigenvalue weighted by Crippen LogP contribution is -2.40. The fourth-order valence-corrected chi connectivity index (χ4v) is 3.57. The largest absolute Gasteiger partial charge is 0.385 e. The van der Waals surface area contributed by atoms with Crippen molar-refractivity contribution >= 4 is 17.6 Å². The fraction of sp³-hybridized carbons (Fsp3) is 0.667. The summed E-state index contributed by atoms with van der Waals surface area (Å²) >= 11 is 1.80. The first-order valence-electron chi connectivity index (χ1n) is 6.21. The van der Waals surface area contributed by atoms with Gasteiger partial charge in [0.25, 0.3) is 5.56 Å². The SMILES string of the molecule is CSC1(Cn2c(N)cc(=O)[nH]c2=O)CCCCC1. The van der Waals surface area contributed by atoms with Crippen molar-refractivity contribution in [3.63, 3.8) is 0 Å². The molecule has 18 heavy (non-hydrogen) atoms. The molecular weight excluding hydrogens is 250 g/mol. The average molecular weight is 269 g/mol. The minimum Gasteiger partial charge on any atom is -0.385 e. The molecule has 1 aromatic heterocycles. The maximum absolute atomic E-state index is 11.8. The number of aromatic amines is 1. The van der Waals surface area contributed by atoms with Gasteiger partial charge in [0, 0.05) is 17.4 Å². The Morgan fingerprint density at radius 1 is 1.39 bits per heavy atom. The molecule has 0 spiro atoms. The van der Waals surface area contributed by atoms with Crippen LogP contribution in [0.5, 0.6) is 0 Å². The Labute approximate surface area is 110 Å². The number of anilines is 1. The van der Waals surface area contributed by atoms with E-state index in [2.05, 4.69) is 11.2 Å². The highest BCUT2D eigenvalue weighted by Crippen LogP contribution is 2.39. The van der Waals surface area contributed by atoms with Crippen molar-refractivity contribution in [2.24, 2.45) is 0 Å². The number of rotatable bonds is 3. The molecule has 1 saturated carbocycles. The van der Waals surface area contributed by atoms with Gasteiger partial charge in [-0.25, -0.2) is 4.79 Å². The second-order valence-corrected chi connectivity index (χ2v) is 6.17. The summed E-state index contributed by atoms with van der Waals surface area (Å²) in [7, 11) is 0. The molecule has 100 valence electrons. The van der Waals surface area contributed by atoms with Crippen molar-refractivity contribution in [3.05, 3.63) is 26.9 Å². The third-order valence-electron chi connectivity index (χ3n) is 3.71. The molecule has 0 aromatic carbocycles. The predicted molar refractivity (Wildman–Crippen MR) is 75.1 cm³/mol. The average Bonchev–Trinajstić information content (AvgIpc) is 2.35. The number of thioether (sulfide) groups is 1. The Bertz CT molecular complexity index is 529. The summed E-state index contributed by atoms with van der Waals surface area (Å²) in [4.78, 5) is 25.2. The lowest BCUT2D eigenvalue weighted by atomic mass is 9.88. The molecule has 1 aromatic rings. The summed E-state index contributed by atoms with van der Waals surface area (Å²) in [5.41, 5.74) is 4.95. The van der Waals surface area contributed by atoms with E-state index >= 15 is 0 Å². The molecule has 0 bridgehead atoms. The van der Waals surface area contributed by atoms with Gasteiger partial charge in [0.2, 0.25) is 0 Å². The lowest BCUT2D eigenvalue weighted by molar-refractivity contribution is 0.354. The van der Waals surface area contributed by atoms with E-state index in [0.29, 0.717) is 6.54 Å². The maximum atomic E-state index is 11.8. The predicted octanol–water partition coefficient (Wildman–Crippen LogP) is 1.18. The normalized spacial score (nSPS) is 18.7. The smallest absolute Gasteiger partial charge is 0.329 e. The molecule has 3 N–H and O–H groups in total. The van der Waals surface area contributed by atoms with Crippen LogP contribution in [0.1, 0.15) is 32.1 Å². The second kappa shape index (κ2) is 5.22. The van der Waals surface area contributed by atoms with E-state index in [0.717, 1.165) is 12.8 Å². The number of nitrogens with one attached hydrogen (secondary N) is 1. The van der Waals surface area contributed by atoms with Gasteiger partial charge in [0.05, 0.1) is 0 Å². The molecule has 0 aliphatic heterocycles. The molecule has 0 unspecified atom stereocenters. The number of hydrogen-bond donors (Lipinski definition) is 2. The molecule has 2 rings (SSSR count). The number of aromatic nitrogens is 2. The quantitative estimate of drug-likeness (QED) is 0.863. The Morgan fingerprint density at radius 2 is 2.06 bits per heavy atom. The minimum atomic E-state index is -0.435. The van der Waals surface area contributed by atoms with E-state index in [1.54, 1.807) is 11.8 Å². The van der Waals surface area contributed by atoms with Crippen LogP contribution in [0.15, 0.2) is 15.7 Å². The first-order valence-corrected chi connectivity index (χ1v) is 7.44. The summed E-state index contributed by atoms with van der Waals surface area (Å²) in [6.07, 6.45) is 7.92. The highest BCUT2D eigenvalue weighted by Gasteiger charge is 2.32. The van der Waals surface area contributed by atoms with Crippen LogP contribution in [-0.4, -0.2) is 20.6 Å². The molecular formula is C12H19N3O2S. The molecule has 6 heteroatoms. The number of nitrogen functional groups attached to an aromatic ring is 1. The molecule has 1 aliphatic rings. The topological polar surface area (TPSA) is 80.9 Å². The van der Waals surface area contributed by atoms with Crippen LogP contribution in [0.25, 0.3) is 0 Å². The summed E-state index contributed by atoms with van der Waals surface area (Å²) in [5.74, 6) is 0.253. The van der Waals surface area contributed by atoms with Crippen molar-refractivity contribution < 1.29 is 0 Å². The number of nitrogens with two attached hydrogens (primary N) is 1. The van der Waals surface area contributed by atoms with E-state index in [1.165, 1.54) is 29.9 Å². The van der Waals surface area contributed by atoms with Crippen LogP contribution in [0.3, 0.4) is 0 Å². The first kappa shape index (κ1) is 13.3. The number of hydrogen-bond acceptors (Lipinski definition) is 4. The van der Waals surface area contributed by atoms with Gasteiger partial charge in [-0.3, -0.25) is 14.3 Å². The van der Waals surface area contributed by atoms with Gasteiger partial charge in [0.1, 0.15) is 5.82 Å². The molecule has 5 nitrogen and oxygen atoms in total. The first-order chi connectivity index (χ1) is 8.56. The Hall–Kier alpha value is -1.17. The van der Waals surface area contributed by atoms with Gasteiger partial charge >= 0.3 is 5.69 Å². The van der Waals surface area contributed by atoms with E-state index in [1.807, 2.05) is 0 Å². The van der Waals surface area contributed by atoms with E-state index in [-0.39, 0.29) is 10.6 Å². The van der Waals surface area contributed by atoms with E-state index in [4.69, 9.17) is 5.73 Å². The van der Waals surface area contributed by atoms with E-state index in [9.17, 15) is 9.59 Å². The highest BCUT2D eigenvalue weighted by atomic mass is 32.2. The molecule has 0 amide bonds. The van der Waals surface area contributed by atoms with Crippen molar-refractivity contribution in [1.29, 1.82) is 0 Å². The summed E-state index contributed by atoms with van der Waals surface area (Å²) in [6, 6.07) is 1.28. The van der Waals surface area contributed by atoms with Gasteiger partial charge in [-0.15, -0.1) is 0 Å². The second-order valence-electron chi connectivity index (χ2n) is 4.90. The highest BCUT2D eigenvalue weighted by molar-refractivity contribution is 8.00. The van der Waals surface area contributed by atoms with Crippen LogP contribution >= 0.6 is 11.8 Å². The molecule has 1 fully saturated rings. The minimum absolute atomic E-state index is 0.0778. The zero-order valence-electron chi connectivity index (χ0n) is 10.6. The van der Waals surface area contributed by atoms with E-state index < -0.39 is 11.2 Å². The van der Waals surface area contributed by atoms with Gasteiger partial charge in [0.15, 0.2) is 0 Å². The summed E-state index contributed by atoms with van der Waals surface area (Å²) < 4.78 is 1.57. The Balaban J connectivity index is 2.33. The third kappa shape index (κ3) is 2.63. The molecule has 0 radical (unpaired) electrons. The summed E-state index contributed by atoms with van der Waals surface area (Å²) in [6.45, 7) is 0.579. The van der Waals surface area contributed by atoms with Crippen LogP contribution in [0, 0.1) is 0 Å². The van der Waals surface area contributed by atoms with Crippen LogP contribution < -0.4 is 17.0 Å². The van der Waals surface area contributed by atoms with Crippen molar-refractivity contribution in [2.45, 2.75) is 43.4 Å². The third-order valence-corrected chi connectivity index (χ3v) is 5.11. The van der Waals surface area contributed by atoms with Crippen LogP contribution in [0.4, 0.5) is 5.82 Å². The molecule has 0 saturated heterocycles. The molecule has 1 heterocycles. The van der Waals surface area contributed by atoms with Crippen LogP contribution in [0.2, 0.25) is 0 Å². The standard InChI is InChI=1S/C12H19N3O2S/c1-18-12(5-3-2-4-6-12)8-15-9(13)7-10(16)14-11(15)17/h7H,2-6,8,13H2,1H3,(H,14,16,17). The maximum Gasteiger partial charge on any atom is 0.329 e. The van der Waals surface area contributed by atoms with Crippen LogP contribution in [-0.2, 0) is 6.54 Å². The zero-order valence-corrected chi connectivity index (χ0v) is 11.4. The number of nitrogens with zero attached hydrogens (tertiary/aromatic N) is 1. The molecule has 0 atom stereocenters. The Kier molecular flexibility index (Phi) is 3.85. The fourth-order valence-electron chi connectivity index (χ4n) is 2.61. The van der Waals surface area contributed by atoms with Crippen molar-refractivity contribution in [3.8, 4) is 0 Å². The monoisotopic (exact) mass is 269 g/mol. The van der Waals surface area contributed by atoms with Crippen molar-refractivity contribution in [1.82, 2.24) is 9.55 Å². The van der Waals surface area contributed by atoms with Crippen molar-refractivity contribution in [2.75, 3.05) is 12.0 Å². The Morgan fingerprint density at radius 3 is 2.61 bits per heavy atom. The zero-order chi connectivity index (χ0) is 13.2. The van der Waals surface area contributed by atoms with Gasteiger partial charge in [-0.2, -0.15) is 11.8 Å². The van der Waals surface area contributed by atoms with Gasteiger partial charge in [-0.05, 0) is 19.1 Å².